The lowest BCUT2D eigenvalue weighted by atomic mass is 9.32. The standard InChI is InChI=1S/C54H86N4O5/c1-47(2,3)40-32-57(30-29-56(12)13)43(55-40)37-15-14-28-58(37)46(62)54-23-18-33(50(8)24-25-50)42(54)34-16-17-39-51(9)21-20-41(63-45(61)36-31-35(44(59)60)48(36,4)5)49(6,7)38(51)19-22-53(39,11)52(34,10)26-27-54/h32-39,41-42H,14-31H2,1-13H3,(H,59,60)/t33?,34-,35+,36-,37+,38+,39-,41+,42-,51+,52-,53-,54+/m1/s1. The van der Waals surface area contributed by atoms with Gasteiger partial charge in [-0.05, 0) is 167 Å². The number of carbonyl (C=O) groups excluding carboxylic acids is 2. The second kappa shape index (κ2) is 14.8. The molecule has 1 amide bonds. The number of carbonyl (C=O) groups is 3. The lowest BCUT2D eigenvalue weighted by Crippen LogP contribution is -2.67. The molecule has 1 aromatic heterocycles. The molecule has 9 nitrogen and oxygen atoms in total. The molecule has 9 heteroatoms. The average molecular weight is 871 g/mol. The van der Waals surface area contributed by atoms with Crippen LogP contribution in [0.15, 0.2) is 6.20 Å². The fourth-order valence-electron chi connectivity index (χ4n) is 17.6. The summed E-state index contributed by atoms with van der Waals surface area (Å²) in [6, 6.07) is 0.0396. The Morgan fingerprint density at radius 2 is 1.51 bits per heavy atom. The van der Waals surface area contributed by atoms with E-state index in [1.165, 1.54) is 38.5 Å². The van der Waals surface area contributed by atoms with Crippen molar-refractivity contribution in [1.82, 2.24) is 19.4 Å². The Morgan fingerprint density at radius 3 is 2.14 bits per heavy atom. The van der Waals surface area contributed by atoms with E-state index >= 15 is 4.79 Å². The maximum Gasteiger partial charge on any atom is 0.309 e. The molecular formula is C54H86N4O5. The normalized spacial score (nSPS) is 43.3. The first-order valence-corrected chi connectivity index (χ1v) is 25.7. The molecule has 1 unspecified atom stereocenters. The number of carboxylic acids is 1. The maximum atomic E-state index is 16.0. The zero-order valence-electron chi connectivity index (χ0n) is 41.9. The Kier molecular flexibility index (Phi) is 10.7. The molecule has 7 aliphatic carbocycles. The topological polar surface area (TPSA) is 105 Å². The Hall–Kier alpha value is -2.42. The van der Waals surface area contributed by atoms with Gasteiger partial charge in [0.1, 0.15) is 11.9 Å². The van der Waals surface area contributed by atoms with Gasteiger partial charge in [0.25, 0.3) is 0 Å². The fourth-order valence-corrected chi connectivity index (χ4v) is 17.6. The van der Waals surface area contributed by atoms with Crippen molar-refractivity contribution in [2.75, 3.05) is 27.2 Å². The molecule has 0 radical (unpaired) electrons. The van der Waals surface area contributed by atoms with Crippen molar-refractivity contribution in [3.05, 3.63) is 17.7 Å². The summed E-state index contributed by atoms with van der Waals surface area (Å²) >= 11 is 0. The Balaban J connectivity index is 0.991. The van der Waals surface area contributed by atoms with Gasteiger partial charge in [0.05, 0.1) is 29.0 Å². The van der Waals surface area contributed by atoms with Crippen LogP contribution in [0.1, 0.15) is 190 Å². The first-order chi connectivity index (χ1) is 29.3. The molecule has 9 rings (SSSR count). The first kappa shape index (κ1) is 45.7. The van der Waals surface area contributed by atoms with Gasteiger partial charge in [-0.15, -0.1) is 0 Å². The molecule has 0 spiro atoms. The highest BCUT2D eigenvalue weighted by atomic mass is 16.5. The zero-order chi connectivity index (χ0) is 45.7. The monoisotopic (exact) mass is 871 g/mol. The van der Waals surface area contributed by atoms with Crippen LogP contribution in [0.25, 0.3) is 0 Å². The maximum absolute atomic E-state index is 16.0. The molecule has 0 bridgehead atoms. The minimum Gasteiger partial charge on any atom is -0.481 e. The van der Waals surface area contributed by atoms with Crippen LogP contribution in [0.4, 0.5) is 0 Å². The first-order valence-electron chi connectivity index (χ1n) is 25.7. The quantitative estimate of drug-likeness (QED) is 0.246. The van der Waals surface area contributed by atoms with Crippen LogP contribution >= 0.6 is 0 Å². The minimum atomic E-state index is -0.808. The van der Waals surface area contributed by atoms with Crippen molar-refractivity contribution >= 4 is 17.8 Å². The molecule has 1 aromatic rings. The van der Waals surface area contributed by atoms with Crippen molar-refractivity contribution in [3.8, 4) is 0 Å². The third-order valence-corrected chi connectivity index (χ3v) is 22.0. The predicted molar refractivity (Wildman–Crippen MR) is 248 cm³/mol. The van der Waals surface area contributed by atoms with Crippen molar-refractivity contribution in [1.29, 1.82) is 0 Å². The number of fused-ring (bicyclic) bond motifs is 7. The van der Waals surface area contributed by atoms with E-state index in [4.69, 9.17) is 9.72 Å². The van der Waals surface area contributed by atoms with Crippen LogP contribution in [0.2, 0.25) is 0 Å². The second-order valence-corrected chi connectivity index (χ2v) is 26.8. The van der Waals surface area contributed by atoms with Gasteiger partial charge in [-0.1, -0.05) is 76.2 Å². The van der Waals surface area contributed by atoms with Gasteiger partial charge in [0.15, 0.2) is 0 Å². The van der Waals surface area contributed by atoms with E-state index in [1.807, 2.05) is 13.8 Å². The number of hydrogen-bond donors (Lipinski definition) is 1. The van der Waals surface area contributed by atoms with E-state index in [2.05, 4.69) is 97.0 Å². The van der Waals surface area contributed by atoms with Gasteiger partial charge in [-0.3, -0.25) is 14.4 Å². The van der Waals surface area contributed by atoms with Gasteiger partial charge in [-0.2, -0.15) is 0 Å². The number of likely N-dealkylation sites (N-methyl/N-ethyl adjacent to an activating group) is 1. The average Bonchev–Trinajstić information content (AvgIpc) is 3.54. The zero-order valence-corrected chi connectivity index (χ0v) is 41.9. The number of imidazole rings is 1. The van der Waals surface area contributed by atoms with Crippen molar-refractivity contribution in [2.45, 2.75) is 197 Å². The number of amides is 1. The summed E-state index contributed by atoms with van der Waals surface area (Å²) < 4.78 is 8.91. The van der Waals surface area contributed by atoms with Crippen LogP contribution in [0.5, 0.6) is 0 Å². The predicted octanol–water partition coefficient (Wildman–Crippen LogP) is 10.9. The number of aromatic nitrogens is 2. The molecule has 13 atom stereocenters. The Morgan fingerprint density at radius 1 is 0.794 bits per heavy atom. The van der Waals surface area contributed by atoms with Gasteiger partial charge in [0.2, 0.25) is 5.91 Å². The van der Waals surface area contributed by atoms with Crippen molar-refractivity contribution in [2.24, 2.45) is 79.3 Å². The van der Waals surface area contributed by atoms with E-state index in [-0.39, 0.29) is 56.5 Å². The fraction of sp³-hybridized carbons (Fsp3) is 0.889. The summed E-state index contributed by atoms with van der Waals surface area (Å²) in [5, 5.41) is 9.75. The van der Waals surface area contributed by atoms with Crippen LogP contribution in [0, 0.1) is 79.3 Å². The second-order valence-electron chi connectivity index (χ2n) is 26.8. The number of aliphatic carboxylic acids is 1. The van der Waals surface area contributed by atoms with Crippen LogP contribution < -0.4 is 0 Å². The van der Waals surface area contributed by atoms with Crippen LogP contribution in [-0.4, -0.2) is 75.6 Å². The molecule has 1 saturated heterocycles. The highest BCUT2D eigenvalue weighted by Crippen LogP contribution is 2.79. The third-order valence-electron chi connectivity index (χ3n) is 22.0. The van der Waals surface area contributed by atoms with Gasteiger partial charge in [-0.25, -0.2) is 4.98 Å². The molecule has 352 valence electrons. The number of hydrogen-bond acceptors (Lipinski definition) is 6. The number of rotatable bonds is 9. The number of carboxylic acid groups (broad SMARTS) is 1. The molecule has 1 aliphatic heterocycles. The smallest absolute Gasteiger partial charge is 0.309 e. The SMILES string of the molecule is CN(C)CCn1cc(C(C)(C)C)nc1[C@@H]1CCCN1C(=O)[C@]12CCC(C3(C)CC3)[C@@H]1[C@H]1CC[C@@H]3[C@@]4(C)CC[C@H](OC(=O)[C@H]5C[C@@H](C(=O)O)C5(C)C)C(C)(C)[C@@H]4CC[C@@]3(C)[C@]1(C)CC2. The van der Waals surface area contributed by atoms with E-state index in [1.54, 1.807) is 0 Å². The summed E-state index contributed by atoms with van der Waals surface area (Å²) in [4.78, 5) is 51.7. The molecule has 2 heterocycles. The van der Waals surface area contributed by atoms with Crippen LogP contribution in [-0.2, 0) is 31.1 Å². The largest absolute Gasteiger partial charge is 0.481 e. The highest BCUT2D eigenvalue weighted by molar-refractivity contribution is 5.85. The minimum absolute atomic E-state index is 0.0396. The Bertz CT molecular complexity index is 1990. The molecular weight excluding hydrogens is 785 g/mol. The molecule has 8 fully saturated rings. The molecule has 8 aliphatic rings. The summed E-state index contributed by atoms with van der Waals surface area (Å²) in [5.74, 6) is 2.36. The molecule has 63 heavy (non-hydrogen) atoms. The lowest BCUT2D eigenvalue weighted by Gasteiger charge is -2.73. The summed E-state index contributed by atoms with van der Waals surface area (Å²) in [6.45, 7) is 28.7. The molecule has 0 aromatic carbocycles. The molecule has 1 N–H and O–H groups in total. The van der Waals surface area contributed by atoms with Crippen molar-refractivity contribution < 1.29 is 24.2 Å². The Labute approximate surface area is 381 Å². The van der Waals surface area contributed by atoms with E-state index < -0.39 is 17.3 Å². The van der Waals surface area contributed by atoms with E-state index in [9.17, 15) is 14.7 Å². The number of esters is 1. The van der Waals surface area contributed by atoms with Gasteiger partial charge >= 0.3 is 11.9 Å². The summed E-state index contributed by atoms with van der Waals surface area (Å²) in [5.41, 5.74) is 0.858. The van der Waals surface area contributed by atoms with E-state index in [0.717, 1.165) is 82.5 Å². The van der Waals surface area contributed by atoms with Crippen molar-refractivity contribution in [3.63, 3.8) is 0 Å². The summed E-state index contributed by atoms with van der Waals surface area (Å²) in [6.07, 6.45) is 18.3. The van der Waals surface area contributed by atoms with Gasteiger partial charge in [0, 0.05) is 36.7 Å². The third kappa shape index (κ3) is 6.63. The summed E-state index contributed by atoms with van der Waals surface area (Å²) in [7, 11) is 4.28. The lowest BCUT2D eigenvalue weighted by molar-refractivity contribution is -0.253. The number of ether oxygens (including phenoxy) is 1. The number of likely N-dealkylation sites (tertiary alicyclic amines) is 1. The van der Waals surface area contributed by atoms with Gasteiger partial charge < -0.3 is 24.2 Å². The van der Waals surface area contributed by atoms with Crippen LogP contribution in [0.3, 0.4) is 0 Å². The number of nitrogens with zero attached hydrogens (tertiary/aromatic N) is 4. The molecule has 7 saturated carbocycles. The highest BCUT2D eigenvalue weighted by Gasteiger charge is 2.74. The van der Waals surface area contributed by atoms with E-state index in [0.29, 0.717) is 47.3 Å².